The van der Waals surface area contributed by atoms with Gasteiger partial charge >= 0.3 is 73.0 Å². The average molecular weight is 285 g/mol. The molecule has 0 aromatic carbocycles. The average Bonchev–Trinajstić information content (AvgIpc) is 1.78. The molecule has 0 saturated carbocycles. The van der Waals surface area contributed by atoms with Gasteiger partial charge in [0.25, 0.3) is 0 Å². The van der Waals surface area contributed by atoms with Crippen molar-refractivity contribution in [3.63, 3.8) is 0 Å². The predicted molar refractivity (Wildman–Crippen MR) is 42.2 cm³/mol. The third-order valence-corrected chi connectivity index (χ3v) is 3.31. The first kappa shape index (κ1) is 11.8. The predicted octanol–water partition coefficient (Wildman–Crippen LogP) is 2.00. The molecule has 0 aliphatic heterocycles. The van der Waals surface area contributed by atoms with Gasteiger partial charge in [-0.15, -0.1) is 0 Å². The Morgan fingerprint density at radius 1 is 1.25 bits per heavy atom. The van der Waals surface area contributed by atoms with E-state index in [4.69, 9.17) is 0 Å². The maximum absolute atomic E-state index is 11.6. The van der Waals surface area contributed by atoms with Crippen molar-refractivity contribution in [1.29, 1.82) is 0 Å². The van der Waals surface area contributed by atoms with Crippen LogP contribution in [0.1, 0.15) is 0 Å². The number of ketones is 1. The Morgan fingerprint density at radius 2 is 1.67 bits per heavy atom. The summed E-state index contributed by atoms with van der Waals surface area (Å²) in [5, 5.41) is 0. The van der Waals surface area contributed by atoms with Crippen LogP contribution >= 0.6 is 0 Å². The molecule has 0 atom stereocenters. The number of rotatable bonds is 0. The van der Waals surface area contributed by atoms with Crippen LogP contribution < -0.4 is 0 Å². The van der Waals surface area contributed by atoms with E-state index < -0.39 is 30.3 Å². The molecule has 0 fully saturated rings. The molecular formula is C7H9F3OSn. The van der Waals surface area contributed by atoms with Gasteiger partial charge in [0, 0.05) is 0 Å². The van der Waals surface area contributed by atoms with Gasteiger partial charge in [0.05, 0.1) is 0 Å². The molecular weight excluding hydrogens is 276 g/mol. The van der Waals surface area contributed by atoms with Crippen molar-refractivity contribution in [3.8, 4) is 9.86 Å². The van der Waals surface area contributed by atoms with Crippen LogP contribution in [-0.2, 0) is 4.79 Å². The standard InChI is InChI=1S/C4F3O.3CH3.Sn/c1-2-3(8)4(5,6)7;;;;/h;3*1H3;. The van der Waals surface area contributed by atoms with Crippen molar-refractivity contribution >= 4 is 24.2 Å². The van der Waals surface area contributed by atoms with E-state index in [1.165, 1.54) is 0 Å². The molecule has 5 heteroatoms. The van der Waals surface area contributed by atoms with Gasteiger partial charge in [0.1, 0.15) is 0 Å². The van der Waals surface area contributed by atoms with E-state index in [2.05, 4.69) is 3.94 Å². The van der Waals surface area contributed by atoms with Gasteiger partial charge < -0.3 is 0 Å². The fourth-order valence-electron chi connectivity index (χ4n) is 0.315. The summed E-state index contributed by atoms with van der Waals surface area (Å²) in [6.07, 6.45) is -4.80. The number of Topliss-reactive ketones (excluding diaryl/α,β-unsaturated/α-hetero) is 1. The molecule has 0 radical (unpaired) electrons. The van der Waals surface area contributed by atoms with Crippen molar-refractivity contribution in [2.45, 2.75) is 21.0 Å². The third kappa shape index (κ3) is 5.47. The van der Waals surface area contributed by atoms with Gasteiger partial charge in [-0.05, 0) is 0 Å². The van der Waals surface area contributed by atoms with Crippen molar-refractivity contribution in [2.75, 3.05) is 0 Å². The van der Waals surface area contributed by atoms with Gasteiger partial charge in [-0.3, -0.25) is 0 Å². The van der Waals surface area contributed by atoms with E-state index in [0.29, 0.717) is 0 Å². The minimum absolute atomic E-state index is 1.64. The third-order valence-electron chi connectivity index (χ3n) is 0.808. The van der Waals surface area contributed by atoms with E-state index >= 15 is 0 Å². The second kappa shape index (κ2) is 3.69. The number of carbonyl (C=O) groups excluding carboxylic acids is 1. The summed E-state index contributed by atoms with van der Waals surface area (Å²) in [6, 6.07) is 0. The van der Waals surface area contributed by atoms with Gasteiger partial charge in [-0.2, -0.15) is 0 Å². The maximum atomic E-state index is 11.6. The van der Waals surface area contributed by atoms with Crippen LogP contribution in [0.2, 0.25) is 14.8 Å². The molecule has 0 unspecified atom stereocenters. The van der Waals surface area contributed by atoms with Crippen LogP contribution in [0.5, 0.6) is 0 Å². The quantitative estimate of drug-likeness (QED) is 0.491. The summed E-state index contributed by atoms with van der Waals surface area (Å²) in [6.45, 7) is 0. The zero-order valence-corrected chi connectivity index (χ0v) is 9.90. The number of carbonyl (C=O) groups is 1. The Bertz CT molecular complexity index is 238. The minimum atomic E-state index is -4.80. The summed E-state index contributed by atoms with van der Waals surface area (Å²) >= 11 is -2.55. The second-order valence-corrected chi connectivity index (χ2v) is 16.9. The van der Waals surface area contributed by atoms with E-state index in [0.717, 1.165) is 0 Å². The van der Waals surface area contributed by atoms with Crippen molar-refractivity contribution in [3.05, 3.63) is 0 Å². The molecule has 0 aromatic rings. The molecule has 0 rings (SSSR count). The Labute approximate surface area is 73.2 Å². The summed E-state index contributed by atoms with van der Waals surface area (Å²) in [5.74, 6) is -0.294. The van der Waals surface area contributed by atoms with E-state index in [9.17, 15) is 18.0 Å². The molecule has 0 heterocycles. The van der Waals surface area contributed by atoms with Crippen LogP contribution in [0.3, 0.4) is 0 Å². The van der Waals surface area contributed by atoms with Crippen LogP contribution in [-0.4, -0.2) is 30.3 Å². The van der Waals surface area contributed by atoms with Gasteiger partial charge in [0.15, 0.2) is 0 Å². The molecule has 1 nitrogen and oxygen atoms in total. The van der Waals surface area contributed by atoms with Crippen molar-refractivity contribution in [1.82, 2.24) is 0 Å². The Morgan fingerprint density at radius 3 is 1.92 bits per heavy atom. The van der Waals surface area contributed by atoms with E-state index in [1.807, 2.05) is 14.8 Å². The van der Waals surface area contributed by atoms with Crippen LogP contribution in [0, 0.1) is 9.86 Å². The second-order valence-electron chi connectivity index (χ2n) is 3.33. The van der Waals surface area contributed by atoms with Crippen LogP contribution in [0.4, 0.5) is 13.2 Å². The molecule has 0 aliphatic carbocycles. The number of hydrogen-bond donors (Lipinski definition) is 0. The molecule has 0 bridgehead atoms. The first-order valence-corrected chi connectivity index (χ1v) is 13.3. The van der Waals surface area contributed by atoms with Crippen LogP contribution in [0.15, 0.2) is 0 Å². The summed E-state index contributed by atoms with van der Waals surface area (Å²) in [4.78, 5) is 15.8. The number of halogens is 3. The zero-order chi connectivity index (χ0) is 9.99. The molecule has 0 amide bonds. The van der Waals surface area contributed by atoms with Crippen molar-refractivity contribution < 1.29 is 18.0 Å². The molecule has 0 aromatic heterocycles. The van der Waals surface area contributed by atoms with Gasteiger partial charge in [0.2, 0.25) is 0 Å². The van der Waals surface area contributed by atoms with Crippen LogP contribution in [0.25, 0.3) is 0 Å². The van der Waals surface area contributed by atoms with Gasteiger partial charge in [-0.1, -0.05) is 0 Å². The molecule has 0 saturated heterocycles. The van der Waals surface area contributed by atoms with Crippen molar-refractivity contribution in [2.24, 2.45) is 0 Å². The molecule has 12 heavy (non-hydrogen) atoms. The fourth-order valence-corrected chi connectivity index (χ4v) is 1.71. The number of hydrogen-bond acceptors (Lipinski definition) is 1. The van der Waals surface area contributed by atoms with E-state index in [-0.39, 0.29) is 0 Å². The molecule has 0 spiro atoms. The SMILES string of the molecule is [CH3][Sn]([CH3])([CH3])[C]#CC(=O)C(F)(F)F. The Hall–Kier alpha value is -0.181. The number of alkyl halides is 3. The Balaban J connectivity index is 4.46. The molecule has 0 N–H and O–H groups in total. The summed E-state index contributed by atoms with van der Waals surface area (Å²) < 4.78 is 37.2. The van der Waals surface area contributed by atoms with Gasteiger partial charge in [-0.25, -0.2) is 0 Å². The van der Waals surface area contributed by atoms with E-state index in [1.54, 1.807) is 5.92 Å². The first-order valence-electron chi connectivity index (χ1n) is 3.27. The topological polar surface area (TPSA) is 17.1 Å². The summed E-state index contributed by atoms with van der Waals surface area (Å²) in [7, 11) is 0. The Kier molecular flexibility index (Phi) is 3.63. The molecule has 0 aliphatic rings. The monoisotopic (exact) mass is 286 g/mol. The summed E-state index contributed by atoms with van der Waals surface area (Å²) in [5.41, 5.74) is 0. The molecule has 68 valence electrons. The first-order chi connectivity index (χ1) is 5.13. The zero-order valence-electron chi connectivity index (χ0n) is 7.04. The normalized spacial score (nSPS) is 11.8. The fraction of sp³-hybridized carbons (Fsp3) is 0.571.